The number of nitrogens with zero attached hydrogens (tertiary/aromatic N) is 1. The minimum Gasteiger partial charge on any atom is -0.481 e. The molecule has 20 heavy (non-hydrogen) atoms. The Morgan fingerprint density at radius 3 is 2.30 bits per heavy atom. The van der Waals surface area contributed by atoms with Crippen LogP contribution in [0.25, 0.3) is 0 Å². The van der Waals surface area contributed by atoms with Crippen LogP contribution in [-0.2, 0) is 9.59 Å². The number of piperidine rings is 1. The van der Waals surface area contributed by atoms with Gasteiger partial charge in [-0.1, -0.05) is 26.2 Å². The van der Waals surface area contributed by atoms with Crippen LogP contribution in [-0.4, -0.2) is 35.0 Å². The topological polar surface area (TPSA) is 57.6 Å². The number of likely N-dealkylation sites (tertiary alicyclic amines) is 1. The molecule has 0 bridgehead atoms. The Kier molecular flexibility index (Phi) is 5.06. The molecule has 0 aromatic rings. The molecule has 1 saturated carbocycles. The second-order valence-electron chi connectivity index (χ2n) is 6.57. The monoisotopic (exact) mass is 281 g/mol. The smallest absolute Gasteiger partial charge is 0.309 e. The largest absolute Gasteiger partial charge is 0.481 e. The lowest BCUT2D eigenvalue weighted by Gasteiger charge is -2.39. The van der Waals surface area contributed by atoms with Crippen LogP contribution < -0.4 is 0 Å². The second kappa shape index (κ2) is 6.59. The molecule has 4 heteroatoms. The summed E-state index contributed by atoms with van der Waals surface area (Å²) in [6, 6.07) is 0. The zero-order valence-corrected chi connectivity index (χ0v) is 12.6. The van der Waals surface area contributed by atoms with Gasteiger partial charge in [0.05, 0.1) is 5.41 Å². The van der Waals surface area contributed by atoms with Gasteiger partial charge in [-0.05, 0) is 38.0 Å². The average Bonchev–Trinajstić information content (AvgIpc) is 2.92. The van der Waals surface area contributed by atoms with Gasteiger partial charge in [0.15, 0.2) is 0 Å². The van der Waals surface area contributed by atoms with Crippen LogP contribution in [0.15, 0.2) is 0 Å². The molecule has 1 aliphatic heterocycles. The van der Waals surface area contributed by atoms with Gasteiger partial charge in [0.1, 0.15) is 0 Å². The number of carbonyl (C=O) groups is 2. The van der Waals surface area contributed by atoms with E-state index in [0.29, 0.717) is 38.3 Å². The third kappa shape index (κ3) is 3.33. The van der Waals surface area contributed by atoms with Crippen LogP contribution in [0.5, 0.6) is 0 Å². The SMILES string of the molecule is CCCC1(C(=O)O)CCN(C(=O)CC2CCCC2)CC1. The molecule has 114 valence electrons. The van der Waals surface area contributed by atoms with E-state index in [1.807, 2.05) is 11.8 Å². The van der Waals surface area contributed by atoms with E-state index in [-0.39, 0.29) is 5.91 Å². The molecule has 0 radical (unpaired) electrons. The van der Waals surface area contributed by atoms with Crippen molar-refractivity contribution in [1.29, 1.82) is 0 Å². The minimum atomic E-state index is -0.678. The summed E-state index contributed by atoms with van der Waals surface area (Å²) in [4.78, 5) is 25.7. The highest BCUT2D eigenvalue weighted by atomic mass is 16.4. The lowest BCUT2D eigenvalue weighted by atomic mass is 9.75. The maximum absolute atomic E-state index is 12.3. The van der Waals surface area contributed by atoms with Crippen LogP contribution in [0, 0.1) is 11.3 Å². The van der Waals surface area contributed by atoms with Gasteiger partial charge in [-0.2, -0.15) is 0 Å². The van der Waals surface area contributed by atoms with Crippen molar-refractivity contribution in [3.63, 3.8) is 0 Å². The Morgan fingerprint density at radius 2 is 1.80 bits per heavy atom. The quantitative estimate of drug-likeness (QED) is 0.842. The number of hydrogen-bond acceptors (Lipinski definition) is 2. The van der Waals surface area contributed by atoms with Crippen molar-refractivity contribution in [1.82, 2.24) is 4.90 Å². The van der Waals surface area contributed by atoms with Crippen molar-refractivity contribution in [2.75, 3.05) is 13.1 Å². The molecule has 1 aliphatic carbocycles. The first-order valence-corrected chi connectivity index (χ1v) is 8.08. The van der Waals surface area contributed by atoms with Crippen molar-refractivity contribution < 1.29 is 14.7 Å². The van der Waals surface area contributed by atoms with E-state index in [9.17, 15) is 14.7 Å². The maximum Gasteiger partial charge on any atom is 0.309 e. The summed E-state index contributed by atoms with van der Waals surface area (Å²) >= 11 is 0. The molecular formula is C16H27NO3. The molecule has 2 fully saturated rings. The normalized spacial score (nSPS) is 22.9. The van der Waals surface area contributed by atoms with Gasteiger partial charge in [-0.3, -0.25) is 9.59 Å². The Hall–Kier alpha value is -1.06. The number of carboxylic acids is 1. The summed E-state index contributed by atoms with van der Waals surface area (Å²) in [5.41, 5.74) is -0.584. The molecule has 0 spiro atoms. The third-order valence-electron chi connectivity index (χ3n) is 5.19. The summed E-state index contributed by atoms with van der Waals surface area (Å²) in [6.45, 7) is 3.28. The van der Waals surface area contributed by atoms with E-state index >= 15 is 0 Å². The fraction of sp³-hybridized carbons (Fsp3) is 0.875. The molecule has 2 rings (SSSR count). The molecule has 0 aromatic carbocycles. The number of carboxylic acid groups (broad SMARTS) is 1. The molecule has 0 aromatic heterocycles. The Labute approximate surface area is 121 Å². The van der Waals surface area contributed by atoms with Gasteiger partial charge < -0.3 is 10.0 Å². The van der Waals surface area contributed by atoms with Crippen molar-refractivity contribution >= 4 is 11.9 Å². The van der Waals surface area contributed by atoms with E-state index in [1.165, 1.54) is 25.7 Å². The molecular weight excluding hydrogens is 254 g/mol. The second-order valence-corrected chi connectivity index (χ2v) is 6.57. The number of hydrogen-bond donors (Lipinski definition) is 1. The van der Waals surface area contributed by atoms with E-state index in [0.717, 1.165) is 12.8 Å². The van der Waals surface area contributed by atoms with Gasteiger partial charge in [0, 0.05) is 19.5 Å². The van der Waals surface area contributed by atoms with E-state index < -0.39 is 11.4 Å². The van der Waals surface area contributed by atoms with Crippen molar-refractivity contribution in [2.24, 2.45) is 11.3 Å². The first kappa shape index (κ1) is 15.3. The van der Waals surface area contributed by atoms with Gasteiger partial charge in [-0.25, -0.2) is 0 Å². The van der Waals surface area contributed by atoms with Gasteiger partial charge in [0.2, 0.25) is 5.91 Å². The lowest BCUT2D eigenvalue weighted by Crippen LogP contribution is -2.46. The standard InChI is InChI=1S/C16H27NO3/c1-2-7-16(15(19)20)8-10-17(11-9-16)14(18)12-13-5-3-4-6-13/h13H,2-12H2,1H3,(H,19,20). The fourth-order valence-electron chi connectivity index (χ4n) is 3.82. The number of carbonyl (C=O) groups excluding carboxylic acids is 1. The van der Waals surface area contributed by atoms with Crippen LogP contribution in [0.4, 0.5) is 0 Å². The van der Waals surface area contributed by atoms with Crippen molar-refractivity contribution in [2.45, 2.75) is 64.7 Å². The first-order valence-electron chi connectivity index (χ1n) is 8.08. The minimum absolute atomic E-state index is 0.243. The van der Waals surface area contributed by atoms with Crippen LogP contribution in [0.3, 0.4) is 0 Å². The maximum atomic E-state index is 12.3. The summed E-state index contributed by atoms with van der Waals surface area (Å²) in [6.07, 6.45) is 8.43. The first-order chi connectivity index (χ1) is 9.57. The summed E-state index contributed by atoms with van der Waals surface area (Å²) in [5, 5.41) is 9.47. The van der Waals surface area contributed by atoms with Crippen molar-refractivity contribution in [3.05, 3.63) is 0 Å². The van der Waals surface area contributed by atoms with Gasteiger partial charge >= 0.3 is 5.97 Å². The zero-order valence-electron chi connectivity index (χ0n) is 12.6. The number of rotatable bonds is 5. The molecule has 0 unspecified atom stereocenters. The summed E-state index contributed by atoms with van der Waals surface area (Å²) in [5.74, 6) is 0.138. The summed E-state index contributed by atoms with van der Waals surface area (Å²) < 4.78 is 0. The highest BCUT2D eigenvalue weighted by Crippen LogP contribution is 2.37. The lowest BCUT2D eigenvalue weighted by molar-refractivity contribution is -0.155. The number of amides is 1. The molecule has 0 atom stereocenters. The van der Waals surface area contributed by atoms with Crippen molar-refractivity contribution in [3.8, 4) is 0 Å². The Balaban J connectivity index is 1.86. The predicted molar refractivity (Wildman–Crippen MR) is 77.4 cm³/mol. The van der Waals surface area contributed by atoms with Gasteiger partial charge in [-0.15, -0.1) is 0 Å². The number of aliphatic carboxylic acids is 1. The van der Waals surface area contributed by atoms with Crippen LogP contribution >= 0.6 is 0 Å². The summed E-state index contributed by atoms with van der Waals surface area (Å²) in [7, 11) is 0. The van der Waals surface area contributed by atoms with Gasteiger partial charge in [0.25, 0.3) is 0 Å². The third-order valence-corrected chi connectivity index (χ3v) is 5.19. The van der Waals surface area contributed by atoms with Crippen LogP contribution in [0.2, 0.25) is 0 Å². The average molecular weight is 281 g/mol. The van der Waals surface area contributed by atoms with E-state index in [1.54, 1.807) is 0 Å². The molecule has 1 heterocycles. The highest BCUT2D eigenvalue weighted by molar-refractivity contribution is 5.78. The molecule has 4 nitrogen and oxygen atoms in total. The Bertz CT molecular complexity index is 353. The van der Waals surface area contributed by atoms with E-state index in [2.05, 4.69) is 0 Å². The molecule has 1 saturated heterocycles. The fourth-order valence-corrected chi connectivity index (χ4v) is 3.82. The Morgan fingerprint density at radius 1 is 1.20 bits per heavy atom. The molecule has 2 aliphatic rings. The highest BCUT2D eigenvalue weighted by Gasteiger charge is 2.41. The molecule has 1 amide bonds. The van der Waals surface area contributed by atoms with Crippen LogP contribution in [0.1, 0.15) is 64.7 Å². The predicted octanol–water partition coefficient (Wildman–Crippen LogP) is 3.06. The van der Waals surface area contributed by atoms with E-state index in [4.69, 9.17) is 0 Å². The zero-order chi connectivity index (χ0) is 14.6. The molecule has 1 N–H and O–H groups in total.